The lowest BCUT2D eigenvalue weighted by Crippen LogP contribution is -2.16. The van der Waals surface area contributed by atoms with Crippen LogP contribution in [0.3, 0.4) is 0 Å². The quantitative estimate of drug-likeness (QED) is 0.475. The van der Waals surface area contributed by atoms with Crippen LogP contribution >= 0.6 is 0 Å². The number of hydrogen-bond acceptors (Lipinski definition) is 2. The zero-order valence-corrected chi connectivity index (χ0v) is 14.6. The van der Waals surface area contributed by atoms with E-state index in [4.69, 9.17) is 4.42 Å². The molecule has 0 saturated heterocycles. The van der Waals surface area contributed by atoms with E-state index in [1.165, 1.54) is 16.7 Å². The van der Waals surface area contributed by atoms with Gasteiger partial charge in [-0.2, -0.15) is 0 Å². The van der Waals surface area contributed by atoms with Crippen molar-refractivity contribution in [1.82, 2.24) is 0 Å². The molecule has 1 aliphatic carbocycles. The molecule has 23 heavy (non-hydrogen) atoms. The van der Waals surface area contributed by atoms with Crippen LogP contribution in [0.15, 0.2) is 50.2 Å². The molecule has 1 aromatic carbocycles. The van der Waals surface area contributed by atoms with Gasteiger partial charge in [-0.15, -0.1) is 0 Å². The van der Waals surface area contributed by atoms with Crippen molar-refractivity contribution in [1.29, 1.82) is 0 Å². The van der Waals surface area contributed by atoms with Gasteiger partial charge in [-0.25, -0.2) is 4.79 Å². The topological polar surface area (TPSA) is 30.2 Å². The van der Waals surface area contributed by atoms with Crippen LogP contribution in [-0.4, -0.2) is 0 Å². The molecule has 0 spiro atoms. The van der Waals surface area contributed by atoms with Crippen LogP contribution in [0.25, 0.3) is 17.0 Å². The molecule has 2 aromatic rings. The highest BCUT2D eigenvalue weighted by molar-refractivity contribution is 5.88. The highest BCUT2D eigenvalue weighted by atomic mass is 16.4. The first-order valence-electron chi connectivity index (χ1n) is 8.18. The fraction of sp³-hybridized carbons (Fsp3) is 0.381. The minimum Gasteiger partial charge on any atom is -0.422 e. The van der Waals surface area contributed by atoms with Gasteiger partial charge in [0.05, 0.1) is 0 Å². The second kappa shape index (κ2) is 5.52. The summed E-state index contributed by atoms with van der Waals surface area (Å²) < 4.78 is 5.55. The Kier molecular flexibility index (Phi) is 3.79. The summed E-state index contributed by atoms with van der Waals surface area (Å²) in [6.45, 7) is 11.0. The zero-order valence-electron chi connectivity index (χ0n) is 14.6. The molecule has 0 fully saturated rings. The minimum atomic E-state index is -0.211. The highest BCUT2D eigenvalue weighted by Crippen LogP contribution is 2.37. The molecule has 0 bridgehead atoms. The Morgan fingerprint density at radius 3 is 2.35 bits per heavy atom. The van der Waals surface area contributed by atoms with E-state index in [2.05, 4.69) is 40.7 Å². The van der Waals surface area contributed by atoms with Crippen LogP contribution in [0, 0.1) is 5.41 Å². The molecule has 0 amide bonds. The summed E-state index contributed by atoms with van der Waals surface area (Å²) >= 11 is 0. The van der Waals surface area contributed by atoms with Crippen LogP contribution in [0.4, 0.5) is 0 Å². The van der Waals surface area contributed by atoms with Crippen LogP contribution in [0.1, 0.15) is 52.2 Å². The Labute approximate surface area is 137 Å². The first-order chi connectivity index (χ1) is 10.8. The molecule has 0 aliphatic heterocycles. The molecule has 120 valence electrons. The Morgan fingerprint density at radius 2 is 1.65 bits per heavy atom. The van der Waals surface area contributed by atoms with Gasteiger partial charge < -0.3 is 4.42 Å². The average molecular weight is 308 g/mol. The molecule has 3 rings (SSSR count). The maximum Gasteiger partial charge on any atom is 0.340 e. The van der Waals surface area contributed by atoms with Crippen molar-refractivity contribution >= 4 is 17.0 Å². The number of para-hydroxylation sites is 1. The SMILES string of the molecule is C/C1=C(\C)Cc2c(c3ccccc3oc2=O)/C=C(/C(C)(C)C)C1. The standard InChI is InChI=1S/C21H24O2/c1-13-10-15(21(3,4)5)12-17-16-8-6-7-9-19(16)23-20(22)18(17)11-14(13)2/h6-9,12H,10-11H2,1-5H3/b14-13-,15-12+. The van der Waals surface area contributed by atoms with Gasteiger partial charge >= 0.3 is 5.63 Å². The number of benzene rings is 1. The van der Waals surface area contributed by atoms with E-state index in [-0.39, 0.29) is 11.0 Å². The van der Waals surface area contributed by atoms with E-state index in [9.17, 15) is 4.79 Å². The van der Waals surface area contributed by atoms with E-state index in [1.54, 1.807) is 0 Å². The Bertz CT molecular complexity index is 886. The molecule has 0 saturated carbocycles. The van der Waals surface area contributed by atoms with Crippen molar-refractivity contribution in [3.8, 4) is 0 Å². The Hall–Kier alpha value is -2.09. The minimum absolute atomic E-state index is 0.0628. The number of allylic oxidation sites excluding steroid dienone is 3. The van der Waals surface area contributed by atoms with Crippen molar-refractivity contribution in [3.05, 3.63) is 62.5 Å². The number of hydrogen-bond donors (Lipinski definition) is 0. The summed E-state index contributed by atoms with van der Waals surface area (Å²) in [5, 5.41) is 1.02. The second-order valence-corrected chi connectivity index (χ2v) is 7.61. The maximum atomic E-state index is 12.5. The Balaban J connectivity index is 2.41. The van der Waals surface area contributed by atoms with Gasteiger partial charge in [-0.1, -0.05) is 61.8 Å². The number of rotatable bonds is 0. The summed E-state index contributed by atoms with van der Waals surface area (Å²) in [7, 11) is 0. The van der Waals surface area contributed by atoms with Gasteiger partial charge in [0.25, 0.3) is 0 Å². The fourth-order valence-corrected chi connectivity index (χ4v) is 3.10. The molecule has 0 N–H and O–H groups in total. The summed E-state index contributed by atoms with van der Waals surface area (Å²) in [6.07, 6.45) is 3.86. The molecular formula is C21H24O2. The summed E-state index contributed by atoms with van der Waals surface area (Å²) in [5.41, 5.74) is 6.31. The van der Waals surface area contributed by atoms with E-state index in [0.29, 0.717) is 12.0 Å². The third-order valence-corrected chi connectivity index (χ3v) is 4.86. The van der Waals surface area contributed by atoms with Gasteiger partial charge in [0.2, 0.25) is 0 Å². The number of fused-ring (bicyclic) bond motifs is 3. The van der Waals surface area contributed by atoms with Gasteiger partial charge in [-0.3, -0.25) is 0 Å². The zero-order chi connectivity index (χ0) is 16.8. The lowest BCUT2D eigenvalue weighted by atomic mass is 9.78. The third kappa shape index (κ3) is 2.90. The first kappa shape index (κ1) is 15.8. The normalized spacial score (nSPS) is 21.3. The smallest absolute Gasteiger partial charge is 0.340 e. The monoisotopic (exact) mass is 308 g/mol. The molecule has 2 heteroatoms. The van der Waals surface area contributed by atoms with Gasteiger partial charge in [0.15, 0.2) is 0 Å². The van der Waals surface area contributed by atoms with Gasteiger partial charge in [0, 0.05) is 17.4 Å². The second-order valence-electron chi connectivity index (χ2n) is 7.61. The predicted octanol–water partition coefficient (Wildman–Crippen LogP) is 5.51. The van der Waals surface area contributed by atoms with Crippen molar-refractivity contribution in [2.75, 3.05) is 0 Å². The molecule has 2 nitrogen and oxygen atoms in total. The van der Waals surface area contributed by atoms with Gasteiger partial charge in [-0.05, 0) is 37.3 Å². The van der Waals surface area contributed by atoms with Crippen LogP contribution in [0.5, 0.6) is 0 Å². The summed E-state index contributed by atoms with van der Waals surface area (Å²) in [4.78, 5) is 12.5. The van der Waals surface area contributed by atoms with E-state index in [1.807, 2.05) is 24.3 Å². The van der Waals surface area contributed by atoms with Crippen LogP contribution in [-0.2, 0) is 6.42 Å². The van der Waals surface area contributed by atoms with Crippen molar-refractivity contribution in [2.45, 2.75) is 47.5 Å². The summed E-state index contributed by atoms with van der Waals surface area (Å²) in [6, 6.07) is 7.82. The molecular weight excluding hydrogens is 284 g/mol. The molecule has 0 unspecified atom stereocenters. The molecule has 0 atom stereocenters. The van der Waals surface area contributed by atoms with E-state index >= 15 is 0 Å². The van der Waals surface area contributed by atoms with E-state index < -0.39 is 0 Å². The largest absolute Gasteiger partial charge is 0.422 e. The lowest BCUT2D eigenvalue weighted by Gasteiger charge is -2.27. The van der Waals surface area contributed by atoms with E-state index in [0.717, 1.165) is 22.9 Å². The average Bonchev–Trinajstić information content (AvgIpc) is 2.46. The third-order valence-electron chi connectivity index (χ3n) is 4.86. The molecule has 1 heterocycles. The Morgan fingerprint density at radius 1 is 1.00 bits per heavy atom. The predicted molar refractivity (Wildman–Crippen MR) is 96.6 cm³/mol. The maximum absolute atomic E-state index is 12.5. The van der Waals surface area contributed by atoms with Crippen molar-refractivity contribution in [2.24, 2.45) is 5.41 Å². The van der Waals surface area contributed by atoms with Crippen molar-refractivity contribution < 1.29 is 4.42 Å². The molecule has 0 radical (unpaired) electrons. The fourth-order valence-electron chi connectivity index (χ4n) is 3.10. The molecule has 1 aromatic heterocycles. The molecule has 1 aliphatic rings. The summed E-state index contributed by atoms with van der Waals surface area (Å²) in [5.74, 6) is 0. The van der Waals surface area contributed by atoms with Crippen molar-refractivity contribution in [3.63, 3.8) is 0 Å². The van der Waals surface area contributed by atoms with Crippen LogP contribution < -0.4 is 5.63 Å². The van der Waals surface area contributed by atoms with Crippen LogP contribution in [0.2, 0.25) is 0 Å². The lowest BCUT2D eigenvalue weighted by molar-refractivity contribution is 0.493. The highest BCUT2D eigenvalue weighted by Gasteiger charge is 2.23. The first-order valence-corrected chi connectivity index (χ1v) is 8.18. The van der Waals surface area contributed by atoms with Gasteiger partial charge in [0.1, 0.15) is 5.58 Å².